The second-order valence-electron chi connectivity index (χ2n) is 3.90. The topological polar surface area (TPSA) is 55.1 Å². The molecule has 104 valence electrons. The van der Waals surface area contributed by atoms with E-state index in [1.54, 1.807) is 12.1 Å². The van der Waals surface area contributed by atoms with Gasteiger partial charge in [-0.3, -0.25) is 4.79 Å². The number of benzene rings is 2. The molecule has 0 radical (unpaired) electrons. The van der Waals surface area contributed by atoms with Crippen LogP contribution in [0.5, 0.6) is 0 Å². The largest absolute Gasteiger partial charge is 0.397 e. The molecular formula is C13H8BrClF2N2O. The summed E-state index contributed by atoms with van der Waals surface area (Å²) in [5.41, 5.74) is 5.23. The number of nitrogen functional groups attached to an aromatic ring is 1. The molecule has 0 fully saturated rings. The molecule has 2 aromatic rings. The van der Waals surface area contributed by atoms with Gasteiger partial charge in [-0.2, -0.15) is 0 Å². The maximum atomic E-state index is 13.6. The summed E-state index contributed by atoms with van der Waals surface area (Å²) in [6, 6.07) is 6.60. The van der Waals surface area contributed by atoms with Crippen LogP contribution in [0.2, 0.25) is 5.02 Å². The maximum absolute atomic E-state index is 13.6. The smallest absolute Gasteiger partial charge is 0.256 e. The average Bonchev–Trinajstić information content (AvgIpc) is 2.41. The highest BCUT2D eigenvalue weighted by molar-refractivity contribution is 9.10. The highest BCUT2D eigenvalue weighted by Gasteiger charge is 2.17. The van der Waals surface area contributed by atoms with Crippen LogP contribution in [0.15, 0.2) is 34.8 Å². The van der Waals surface area contributed by atoms with Crippen LogP contribution in [0.1, 0.15) is 10.4 Å². The van der Waals surface area contributed by atoms with E-state index in [0.29, 0.717) is 9.50 Å². The molecule has 0 saturated carbocycles. The molecule has 2 aromatic carbocycles. The minimum absolute atomic E-state index is 0.0737. The fourth-order valence-electron chi connectivity index (χ4n) is 1.54. The molecule has 0 aromatic heterocycles. The Bertz CT molecular complexity index is 694. The number of carbonyl (C=O) groups excluding carboxylic acids is 1. The van der Waals surface area contributed by atoms with Crippen molar-refractivity contribution in [2.45, 2.75) is 0 Å². The van der Waals surface area contributed by atoms with E-state index < -0.39 is 23.2 Å². The Morgan fingerprint density at radius 1 is 1.25 bits per heavy atom. The Kier molecular flexibility index (Phi) is 4.25. The Morgan fingerprint density at radius 2 is 1.95 bits per heavy atom. The molecule has 0 unspecified atom stereocenters. The van der Waals surface area contributed by atoms with Crippen molar-refractivity contribution >= 4 is 44.8 Å². The standard InChI is InChI=1S/C13H8BrClF2N2O/c14-8-2-1-6(15)5-7(8)13(20)19-12-10(18)4-3-9(16)11(12)17/h1-5H,18H2,(H,19,20). The highest BCUT2D eigenvalue weighted by Crippen LogP contribution is 2.27. The zero-order valence-corrected chi connectivity index (χ0v) is 12.2. The van der Waals surface area contributed by atoms with E-state index in [1.165, 1.54) is 12.1 Å². The predicted molar refractivity (Wildman–Crippen MR) is 77.9 cm³/mol. The molecule has 1 amide bonds. The van der Waals surface area contributed by atoms with Gasteiger partial charge in [0.25, 0.3) is 5.91 Å². The lowest BCUT2D eigenvalue weighted by molar-refractivity contribution is 0.102. The minimum Gasteiger partial charge on any atom is -0.397 e. The van der Waals surface area contributed by atoms with E-state index in [9.17, 15) is 13.6 Å². The Balaban J connectivity index is 2.38. The van der Waals surface area contributed by atoms with Gasteiger partial charge in [0.2, 0.25) is 0 Å². The highest BCUT2D eigenvalue weighted by atomic mass is 79.9. The number of rotatable bonds is 2. The quantitative estimate of drug-likeness (QED) is 0.787. The van der Waals surface area contributed by atoms with Crippen molar-refractivity contribution in [1.29, 1.82) is 0 Å². The normalized spacial score (nSPS) is 10.4. The zero-order chi connectivity index (χ0) is 14.9. The van der Waals surface area contributed by atoms with Crippen molar-refractivity contribution in [2.24, 2.45) is 0 Å². The van der Waals surface area contributed by atoms with Gasteiger partial charge in [-0.1, -0.05) is 11.6 Å². The van der Waals surface area contributed by atoms with Crippen LogP contribution in [0.25, 0.3) is 0 Å². The number of hydrogen-bond acceptors (Lipinski definition) is 2. The second kappa shape index (κ2) is 5.76. The first-order valence-corrected chi connectivity index (χ1v) is 6.57. The summed E-state index contributed by atoms with van der Waals surface area (Å²) >= 11 is 8.97. The Hall–Kier alpha value is -1.66. The van der Waals surface area contributed by atoms with Gasteiger partial charge < -0.3 is 11.1 Å². The van der Waals surface area contributed by atoms with Crippen LogP contribution >= 0.6 is 27.5 Å². The summed E-state index contributed by atoms with van der Waals surface area (Å²) in [6.45, 7) is 0. The number of nitrogens with one attached hydrogen (secondary N) is 1. The van der Waals surface area contributed by atoms with Gasteiger partial charge in [0.15, 0.2) is 11.6 Å². The van der Waals surface area contributed by atoms with Crippen molar-refractivity contribution in [2.75, 3.05) is 11.1 Å². The summed E-state index contributed by atoms with van der Waals surface area (Å²) in [7, 11) is 0. The molecule has 0 atom stereocenters. The second-order valence-corrected chi connectivity index (χ2v) is 5.19. The SMILES string of the molecule is Nc1ccc(F)c(F)c1NC(=O)c1cc(Cl)ccc1Br. The monoisotopic (exact) mass is 360 g/mol. The summed E-state index contributed by atoms with van der Waals surface area (Å²) in [5, 5.41) is 2.58. The first kappa shape index (κ1) is 14.7. The van der Waals surface area contributed by atoms with E-state index in [0.717, 1.165) is 6.07 Å². The van der Waals surface area contributed by atoms with Crippen LogP contribution < -0.4 is 11.1 Å². The predicted octanol–water partition coefficient (Wildman–Crippen LogP) is 4.22. The number of anilines is 2. The van der Waals surface area contributed by atoms with Crippen LogP contribution in [0, 0.1) is 11.6 Å². The lowest BCUT2D eigenvalue weighted by Crippen LogP contribution is -2.15. The first-order chi connectivity index (χ1) is 9.40. The molecule has 20 heavy (non-hydrogen) atoms. The third-order valence-electron chi connectivity index (χ3n) is 2.54. The van der Waals surface area contributed by atoms with Crippen LogP contribution in [0.3, 0.4) is 0 Å². The molecule has 0 aliphatic rings. The summed E-state index contributed by atoms with van der Waals surface area (Å²) in [6.07, 6.45) is 0. The molecule has 0 spiro atoms. The molecule has 3 N–H and O–H groups in total. The van der Waals surface area contributed by atoms with Gasteiger partial charge in [-0.15, -0.1) is 0 Å². The van der Waals surface area contributed by atoms with Crippen LogP contribution in [-0.2, 0) is 0 Å². The van der Waals surface area contributed by atoms with Gasteiger partial charge in [0, 0.05) is 9.50 Å². The fraction of sp³-hybridized carbons (Fsp3) is 0. The lowest BCUT2D eigenvalue weighted by atomic mass is 10.2. The van der Waals surface area contributed by atoms with Crippen LogP contribution in [0.4, 0.5) is 20.2 Å². The number of nitrogens with two attached hydrogens (primary N) is 1. The van der Waals surface area contributed by atoms with Gasteiger partial charge in [0.05, 0.1) is 11.3 Å². The van der Waals surface area contributed by atoms with Gasteiger partial charge in [0.1, 0.15) is 5.69 Å². The van der Waals surface area contributed by atoms with E-state index in [4.69, 9.17) is 17.3 Å². The zero-order valence-electron chi connectivity index (χ0n) is 9.88. The van der Waals surface area contributed by atoms with Crippen molar-refractivity contribution in [3.63, 3.8) is 0 Å². The van der Waals surface area contributed by atoms with Crippen molar-refractivity contribution in [3.8, 4) is 0 Å². The first-order valence-electron chi connectivity index (χ1n) is 5.40. The molecule has 0 bridgehead atoms. The Labute approximate surface area is 126 Å². The maximum Gasteiger partial charge on any atom is 0.256 e. The van der Waals surface area contributed by atoms with E-state index >= 15 is 0 Å². The molecule has 2 rings (SSSR count). The third-order valence-corrected chi connectivity index (χ3v) is 3.47. The van der Waals surface area contributed by atoms with E-state index in [1.807, 2.05) is 0 Å². The van der Waals surface area contributed by atoms with E-state index in [-0.39, 0.29) is 11.3 Å². The summed E-state index contributed by atoms with van der Waals surface area (Å²) < 4.78 is 27.2. The third kappa shape index (κ3) is 2.91. The summed E-state index contributed by atoms with van der Waals surface area (Å²) in [5.74, 6) is -2.97. The van der Waals surface area contributed by atoms with Gasteiger partial charge in [-0.05, 0) is 46.3 Å². The van der Waals surface area contributed by atoms with Crippen molar-refractivity contribution in [3.05, 3.63) is 57.0 Å². The van der Waals surface area contributed by atoms with Gasteiger partial charge in [-0.25, -0.2) is 8.78 Å². The van der Waals surface area contributed by atoms with Crippen LogP contribution in [-0.4, -0.2) is 5.91 Å². The molecule has 3 nitrogen and oxygen atoms in total. The molecule has 0 aliphatic heterocycles. The number of amides is 1. The van der Waals surface area contributed by atoms with Gasteiger partial charge >= 0.3 is 0 Å². The minimum atomic E-state index is -1.21. The average molecular weight is 362 g/mol. The summed E-state index contributed by atoms with van der Waals surface area (Å²) in [4.78, 5) is 12.1. The fourth-order valence-corrected chi connectivity index (χ4v) is 2.14. The number of halogens is 4. The molecular weight excluding hydrogens is 354 g/mol. The molecule has 0 saturated heterocycles. The number of hydrogen-bond donors (Lipinski definition) is 2. The molecule has 0 aliphatic carbocycles. The molecule has 7 heteroatoms. The Morgan fingerprint density at radius 3 is 2.65 bits per heavy atom. The number of carbonyl (C=O) groups is 1. The van der Waals surface area contributed by atoms with Crippen molar-refractivity contribution in [1.82, 2.24) is 0 Å². The van der Waals surface area contributed by atoms with Crippen molar-refractivity contribution < 1.29 is 13.6 Å². The lowest BCUT2D eigenvalue weighted by Gasteiger charge is -2.11. The molecule has 0 heterocycles. The van der Waals surface area contributed by atoms with E-state index in [2.05, 4.69) is 21.2 Å².